The van der Waals surface area contributed by atoms with Gasteiger partial charge in [0.25, 0.3) is 0 Å². The predicted molar refractivity (Wildman–Crippen MR) is 82.6 cm³/mol. The van der Waals surface area contributed by atoms with Gasteiger partial charge in [-0.3, -0.25) is 0 Å². The lowest BCUT2D eigenvalue weighted by Gasteiger charge is -2.16. The fourth-order valence-electron chi connectivity index (χ4n) is 2.20. The molecule has 2 aromatic carbocycles. The van der Waals surface area contributed by atoms with E-state index in [9.17, 15) is 0 Å². The molecule has 0 spiro atoms. The molecular formula is C17H20ClN. The molecule has 0 heterocycles. The van der Waals surface area contributed by atoms with Gasteiger partial charge in [0.1, 0.15) is 0 Å². The Morgan fingerprint density at radius 2 is 1.89 bits per heavy atom. The number of rotatable bonds is 4. The van der Waals surface area contributed by atoms with Crippen LogP contribution in [0.5, 0.6) is 0 Å². The highest BCUT2D eigenvalue weighted by Gasteiger charge is 2.06. The van der Waals surface area contributed by atoms with E-state index in [0.29, 0.717) is 6.04 Å². The van der Waals surface area contributed by atoms with Crippen LogP contribution in [0.4, 0.5) is 0 Å². The monoisotopic (exact) mass is 273 g/mol. The molecular weight excluding hydrogens is 254 g/mol. The maximum absolute atomic E-state index is 6.02. The molecule has 0 aliphatic rings. The molecule has 1 N–H and O–H groups in total. The van der Waals surface area contributed by atoms with Gasteiger partial charge in [-0.2, -0.15) is 0 Å². The van der Waals surface area contributed by atoms with Gasteiger partial charge in [-0.1, -0.05) is 47.5 Å². The second kappa shape index (κ2) is 6.23. The van der Waals surface area contributed by atoms with Gasteiger partial charge in [0.15, 0.2) is 0 Å². The van der Waals surface area contributed by atoms with Crippen molar-refractivity contribution in [2.24, 2.45) is 0 Å². The van der Waals surface area contributed by atoms with Crippen LogP contribution in [-0.2, 0) is 6.54 Å². The van der Waals surface area contributed by atoms with Crippen LogP contribution >= 0.6 is 11.6 Å². The second-order valence-corrected chi connectivity index (χ2v) is 5.52. The standard InChI is InChI=1S/C17H20ClN/c1-12-7-8-16(13(2)9-12)11-19-14(3)15-5-4-6-17(18)10-15/h4-10,14,19H,11H2,1-3H3/t14-/m1/s1. The van der Waals surface area contributed by atoms with Crippen LogP contribution in [-0.4, -0.2) is 0 Å². The van der Waals surface area contributed by atoms with Gasteiger partial charge < -0.3 is 5.32 Å². The molecule has 0 radical (unpaired) electrons. The molecule has 2 aromatic rings. The van der Waals surface area contributed by atoms with E-state index in [1.165, 1.54) is 22.3 Å². The summed E-state index contributed by atoms with van der Waals surface area (Å²) in [5, 5.41) is 4.33. The highest BCUT2D eigenvalue weighted by molar-refractivity contribution is 6.30. The fourth-order valence-corrected chi connectivity index (χ4v) is 2.40. The maximum atomic E-state index is 6.02. The minimum Gasteiger partial charge on any atom is -0.306 e. The van der Waals surface area contributed by atoms with Gasteiger partial charge in [0.05, 0.1) is 0 Å². The average molecular weight is 274 g/mol. The molecule has 1 nitrogen and oxygen atoms in total. The number of aryl methyl sites for hydroxylation is 2. The number of halogens is 1. The second-order valence-electron chi connectivity index (χ2n) is 5.09. The van der Waals surface area contributed by atoms with Crippen LogP contribution in [0.1, 0.15) is 35.2 Å². The minimum atomic E-state index is 0.291. The number of hydrogen-bond acceptors (Lipinski definition) is 1. The van der Waals surface area contributed by atoms with Gasteiger partial charge in [-0.05, 0) is 49.6 Å². The summed E-state index contributed by atoms with van der Waals surface area (Å²) in [4.78, 5) is 0. The highest BCUT2D eigenvalue weighted by atomic mass is 35.5. The van der Waals surface area contributed by atoms with Crippen molar-refractivity contribution >= 4 is 11.6 Å². The quantitative estimate of drug-likeness (QED) is 0.843. The largest absolute Gasteiger partial charge is 0.306 e. The zero-order valence-electron chi connectivity index (χ0n) is 11.7. The Hall–Kier alpha value is -1.31. The predicted octanol–water partition coefficient (Wildman–Crippen LogP) is 4.81. The Labute approximate surface area is 120 Å². The van der Waals surface area contributed by atoms with E-state index in [1.54, 1.807) is 0 Å². The van der Waals surface area contributed by atoms with Gasteiger partial charge in [0.2, 0.25) is 0 Å². The van der Waals surface area contributed by atoms with Crippen molar-refractivity contribution in [1.82, 2.24) is 5.32 Å². The van der Waals surface area contributed by atoms with Crippen LogP contribution in [0.15, 0.2) is 42.5 Å². The lowest BCUT2D eigenvalue weighted by atomic mass is 10.0. The molecule has 2 heteroatoms. The summed E-state index contributed by atoms with van der Waals surface area (Å²) in [7, 11) is 0. The molecule has 0 aliphatic heterocycles. The zero-order valence-corrected chi connectivity index (χ0v) is 12.5. The van der Waals surface area contributed by atoms with Crippen LogP contribution in [0.3, 0.4) is 0 Å². The maximum Gasteiger partial charge on any atom is 0.0409 e. The van der Waals surface area contributed by atoms with Crippen molar-refractivity contribution in [3.8, 4) is 0 Å². The topological polar surface area (TPSA) is 12.0 Å². The molecule has 0 bridgehead atoms. The molecule has 1 atom stereocenters. The Bertz CT molecular complexity index is 563. The third kappa shape index (κ3) is 3.82. The SMILES string of the molecule is Cc1ccc(CN[C@H](C)c2cccc(Cl)c2)c(C)c1. The average Bonchev–Trinajstić information content (AvgIpc) is 2.37. The van der Waals surface area contributed by atoms with Crippen molar-refractivity contribution in [1.29, 1.82) is 0 Å². The molecule has 0 saturated carbocycles. The first kappa shape index (κ1) is 14.1. The van der Waals surface area contributed by atoms with Crippen LogP contribution in [0.2, 0.25) is 5.02 Å². The van der Waals surface area contributed by atoms with Gasteiger partial charge >= 0.3 is 0 Å². The van der Waals surface area contributed by atoms with E-state index in [4.69, 9.17) is 11.6 Å². The first-order chi connectivity index (χ1) is 9.06. The molecule has 0 amide bonds. The molecule has 0 aromatic heterocycles. The van der Waals surface area contributed by atoms with E-state index in [2.05, 4.69) is 50.4 Å². The molecule has 0 unspecified atom stereocenters. The van der Waals surface area contributed by atoms with Crippen molar-refractivity contribution in [2.45, 2.75) is 33.4 Å². The first-order valence-electron chi connectivity index (χ1n) is 6.61. The Kier molecular flexibility index (Phi) is 4.62. The molecule has 0 saturated heterocycles. The Morgan fingerprint density at radius 1 is 1.11 bits per heavy atom. The first-order valence-corrected chi connectivity index (χ1v) is 6.99. The molecule has 0 aliphatic carbocycles. The van der Waals surface area contributed by atoms with E-state index in [-0.39, 0.29) is 0 Å². The van der Waals surface area contributed by atoms with Crippen molar-refractivity contribution in [3.63, 3.8) is 0 Å². The Morgan fingerprint density at radius 3 is 2.58 bits per heavy atom. The lowest BCUT2D eigenvalue weighted by molar-refractivity contribution is 0.573. The molecule has 2 rings (SSSR count). The van der Waals surface area contributed by atoms with Gasteiger partial charge in [-0.15, -0.1) is 0 Å². The smallest absolute Gasteiger partial charge is 0.0409 e. The summed E-state index contributed by atoms with van der Waals surface area (Å²) in [5.74, 6) is 0. The third-order valence-corrected chi connectivity index (χ3v) is 3.68. The minimum absolute atomic E-state index is 0.291. The summed E-state index contributed by atoms with van der Waals surface area (Å²) in [6, 6.07) is 14.9. The summed E-state index contributed by atoms with van der Waals surface area (Å²) >= 11 is 6.02. The summed E-state index contributed by atoms with van der Waals surface area (Å²) in [5.41, 5.74) is 5.21. The number of hydrogen-bond donors (Lipinski definition) is 1. The van der Waals surface area contributed by atoms with Crippen LogP contribution in [0, 0.1) is 13.8 Å². The van der Waals surface area contributed by atoms with E-state index >= 15 is 0 Å². The van der Waals surface area contributed by atoms with Crippen molar-refractivity contribution in [2.75, 3.05) is 0 Å². The van der Waals surface area contributed by atoms with E-state index < -0.39 is 0 Å². The summed E-state index contributed by atoms with van der Waals surface area (Å²) in [6.45, 7) is 7.32. The normalized spacial score (nSPS) is 12.4. The fraction of sp³-hybridized carbons (Fsp3) is 0.294. The molecule has 0 fully saturated rings. The zero-order chi connectivity index (χ0) is 13.8. The molecule has 100 valence electrons. The highest BCUT2D eigenvalue weighted by Crippen LogP contribution is 2.18. The lowest BCUT2D eigenvalue weighted by Crippen LogP contribution is -2.18. The van der Waals surface area contributed by atoms with Crippen LogP contribution in [0.25, 0.3) is 0 Å². The summed E-state index contributed by atoms with van der Waals surface area (Å²) in [6.07, 6.45) is 0. The third-order valence-electron chi connectivity index (χ3n) is 3.45. The Balaban J connectivity index is 2.02. The van der Waals surface area contributed by atoms with E-state index in [0.717, 1.165) is 11.6 Å². The number of nitrogens with one attached hydrogen (secondary N) is 1. The molecule has 19 heavy (non-hydrogen) atoms. The van der Waals surface area contributed by atoms with E-state index in [1.807, 2.05) is 18.2 Å². The van der Waals surface area contributed by atoms with Crippen LogP contribution < -0.4 is 5.32 Å². The number of benzene rings is 2. The van der Waals surface area contributed by atoms with Gasteiger partial charge in [0, 0.05) is 17.6 Å². The van der Waals surface area contributed by atoms with Crippen molar-refractivity contribution in [3.05, 3.63) is 69.7 Å². The van der Waals surface area contributed by atoms with Gasteiger partial charge in [-0.25, -0.2) is 0 Å². The van der Waals surface area contributed by atoms with Crippen molar-refractivity contribution < 1.29 is 0 Å². The summed E-state index contributed by atoms with van der Waals surface area (Å²) < 4.78 is 0.